The Bertz CT molecular complexity index is 268. The van der Waals surface area contributed by atoms with Crippen molar-refractivity contribution >= 4 is 5.91 Å². The van der Waals surface area contributed by atoms with Crippen LogP contribution in [0.25, 0.3) is 0 Å². The third kappa shape index (κ3) is 2.59. The second-order valence-corrected chi connectivity index (χ2v) is 4.00. The normalized spacial score (nSPS) is 18.1. The second-order valence-electron chi connectivity index (χ2n) is 4.00. The number of rotatable bonds is 3. The first-order valence-corrected chi connectivity index (χ1v) is 5.00. The lowest BCUT2D eigenvalue weighted by atomic mass is 9.96. The van der Waals surface area contributed by atoms with Gasteiger partial charge in [0.15, 0.2) is 0 Å². The molecule has 1 aliphatic carbocycles. The average Bonchev–Trinajstić information content (AvgIpc) is 2.57. The summed E-state index contributed by atoms with van der Waals surface area (Å²) in [6.07, 6.45) is 5.90. The Kier molecular flexibility index (Phi) is 3.70. The molecule has 3 nitrogen and oxygen atoms in total. The minimum atomic E-state index is -0.518. The van der Waals surface area contributed by atoms with E-state index < -0.39 is 5.92 Å². The molecule has 0 fully saturated rings. The van der Waals surface area contributed by atoms with E-state index in [9.17, 15) is 4.79 Å². The van der Waals surface area contributed by atoms with Crippen molar-refractivity contribution in [3.05, 3.63) is 12.2 Å². The second kappa shape index (κ2) is 4.80. The van der Waals surface area contributed by atoms with Crippen molar-refractivity contribution in [2.75, 3.05) is 0 Å². The number of hydrogen-bond donors (Lipinski definition) is 1. The van der Waals surface area contributed by atoms with Crippen LogP contribution in [0.15, 0.2) is 12.2 Å². The number of amides is 1. The molecule has 1 aliphatic rings. The highest BCUT2D eigenvalue weighted by molar-refractivity contribution is 5.81. The molecule has 14 heavy (non-hydrogen) atoms. The summed E-state index contributed by atoms with van der Waals surface area (Å²) < 4.78 is 0. The van der Waals surface area contributed by atoms with E-state index in [0.717, 1.165) is 12.8 Å². The molecule has 76 valence electrons. The molecule has 0 saturated carbocycles. The van der Waals surface area contributed by atoms with Crippen LogP contribution < -0.4 is 5.32 Å². The van der Waals surface area contributed by atoms with Gasteiger partial charge >= 0.3 is 0 Å². The van der Waals surface area contributed by atoms with Gasteiger partial charge in [-0.1, -0.05) is 26.0 Å². The molecule has 0 aliphatic heterocycles. The number of carbonyl (C=O) groups is 1. The van der Waals surface area contributed by atoms with Gasteiger partial charge in [0.2, 0.25) is 5.91 Å². The molecule has 0 aromatic heterocycles. The van der Waals surface area contributed by atoms with Gasteiger partial charge in [-0.3, -0.25) is 4.79 Å². The molecule has 0 aromatic rings. The highest BCUT2D eigenvalue weighted by Crippen LogP contribution is 2.13. The zero-order chi connectivity index (χ0) is 10.6. The van der Waals surface area contributed by atoms with Crippen molar-refractivity contribution in [2.24, 2.45) is 11.8 Å². The maximum atomic E-state index is 11.6. The summed E-state index contributed by atoms with van der Waals surface area (Å²) >= 11 is 0. The van der Waals surface area contributed by atoms with E-state index in [1.807, 2.05) is 19.9 Å². The molecule has 1 amide bonds. The van der Waals surface area contributed by atoms with E-state index in [1.165, 1.54) is 0 Å². The van der Waals surface area contributed by atoms with Crippen LogP contribution in [0.4, 0.5) is 0 Å². The standard InChI is InChI=1S/C11H16N2O/c1-8(2)10(7-12)11(14)13-9-5-3-4-6-9/h3-4,8-10H,5-6H2,1-2H3,(H,13,14). The van der Waals surface area contributed by atoms with Gasteiger partial charge in [-0.2, -0.15) is 5.26 Å². The predicted octanol–water partition coefficient (Wildman–Crippen LogP) is 1.62. The first-order chi connectivity index (χ1) is 6.65. The highest BCUT2D eigenvalue weighted by Gasteiger charge is 2.24. The molecule has 3 heteroatoms. The Morgan fingerprint density at radius 1 is 1.50 bits per heavy atom. The first kappa shape index (κ1) is 10.8. The number of nitrogens with one attached hydrogen (secondary N) is 1. The van der Waals surface area contributed by atoms with E-state index in [1.54, 1.807) is 0 Å². The molecular weight excluding hydrogens is 176 g/mol. The fraction of sp³-hybridized carbons (Fsp3) is 0.636. The Morgan fingerprint density at radius 3 is 2.50 bits per heavy atom. The molecule has 1 N–H and O–H groups in total. The minimum Gasteiger partial charge on any atom is -0.352 e. The number of nitrogens with zero attached hydrogens (tertiary/aromatic N) is 1. The van der Waals surface area contributed by atoms with E-state index >= 15 is 0 Å². The quantitative estimate of drug-likeness (QED) is 0.691. The lowest BCUT2D eigenvalue weighted by Crippen LogP contribution is -2.38. The van der Waals surface area contributed by atoms with Crippen molar-refractivity contribution in [1.82, 2.24) is 5.32 Å². The van der Waals surface area contributed by atoms with Crippen molar-refractivity contribution in [3.63, 3.8) is 0 Å². The smallest absolute Gasteiger partial charge is 0.237 e. The Hall–Kier alpha value is -1.30. The van der Waals surface area contributed by atoms with Crippen LogP contribution in [-0.4, -0.2) is 11.9 Å². The van der Waals surface area contributed by atoms with Crippen LogP contribution in [0.3, 0.4) is 0 Å². The first-order valence-electron chi connectivity index (χ1n) is 5.00. The Morgan fingerprint density at radius 2 is 2.07 bits per heavy atom. The summed E-state index contributed by atoms with van der Waals surface area (Å²) in [5.74, 6) is -0.568. The van der Waals surface area contributed by atoms with Crippen LogP contribution >= 0.6 is 0 Å². The third-order valence-electron chi connectivity index (χ3n) is 2.44. The van der Waals surface area contributed by atoms with Gasteiger partial charge in [0.1, 0.15) is 5.92 Å². The van der Waals surface area contributed by atoms with E-state index in [4.69, 9.17) is 5.26 Å². The van der Waals surface area contributed by atoms with Crippen molar-refractivity contribution < 1.29 is 4.79 Å². The SMILES string of the molecule is CC(C)C(C#N)C(=O)NC1CC=CC1. The van der Waals surface area contributed by atoms with Crippen LogP contribution in [-0.2, 0) is 4.79 Å². The highest BCUT2D eigenvalue weighted by atomic mass is 16.1. The van der Waals surface area contributed by atoms with Gasteiger partial charge in [0.25, 0.3) is 0 Å². The molecule has 0 bridgehead atoms. The topological polar surface area (TPSA) is 52.9 Å². The third-order valence-corrected chi connectivity index (χ3v) is 2.44. The zero-order valence-corrected chi connectivity index (χ0v) is 8.66. The maximum Gasteiger partial charge on any atom is 0.237 e. The van der Waals surface area contributed by atoms with E-state index in [0.29, 0.717) is 0 Å². The molecule has 1 rings (SSSR count). The monoisotopic (exact) mass is 192 g/mol. The van der Waals surface area contributed by atoms with Gasteiger partial charge in [0, 0.05) is 6.04 Å². The zero-order valence-electron chi connectivity index (χ0n) is 8.66. The number of carbonyl (C=O) groups excluding carboxylic acids is 1. The largest absolute Gasteiger partial charge is 0.352 e. The average molecular weight is 192 g/mol. The van der Waals surface area contributed by atoms with Crippen molar-refractivity contribution in [1.29, 1.82) is 5.26 Å². The molecular formula is C11H16N2O. The molecule has 0 aromatic carbocycles. The fourth-order valence-electron chi connectivity index (χ4n) is 1.54. The fourth-order valence-corrected chi connectivity index (χ4v) is 1.54. The van der Waals surface area contributed by atoms with Gasteiger partial charge in [-0.05, 0) is 18.8 Å². The summed E-state index contributed by atoms with van der Waals surface area (Å²) in [4.78, 5) is 11.6. The lowest BCUT2D eigenvalue weighted by molar-refractivity contribution is -0.125. The van der Waals surface area contributed by atoms with E-state index in [-0.39, 0.29) is 17.9 Å². The molecule has 0 radical (unpaired) electrons. The molecule has 1 unspecified atom stereocenters. The van der Waals surface area contributed by atoms with Gasteiger partial charge < -0.3 is 5.32 Å². The predicted molar refractivity (Wildman–Crippen MR) is 54.2 cm³/mol. The van der Waals surface area contributed by atoms with Crippen LogP contribution in [0.1, 0.15) is 26.7 Å². The Labute approximate surface area is 84.8 Å². The molecule has 0 heterocycles. The molecule has 1 atom stereocenters. The summed E-state index contributed by atoms with van der Waals surface area (Å²) in [5.41, 5.74) is 0. The van der Waals surface area contributed by atoms with Crippen molar-refractivity contribution in [2.45, 2.75) is 32.7 Å². The van der Waals surface area contributed by atoms with Crippen LogP contribution in [0.2, 0.25) is 0 Å². The summed E-state index contributed by atoms with van der Waals surface area (Å²) in [6.45, 7) is 3.78. The van der Waals surface area contributed by atoms with Gasteiger partial charge in [-0.15, -0.1) is 0 Å². The minimum absolute atomic E-state index is 0.0781. The lowest BCUT2D eigenvalue weighted by Gasteiger charge is -2.17. The Balaban J connectivity index is 2.44. The maximum absolute atomic E-state index is 11.6. The van der Waals surface area contributed by atoms with Crippen molar-refractivity contribution in [3.8, 4) is 6.07 Å². The summed E-state index contributed by atoms with van der Waals surface area (Å²) in [5, 5.41) is 11.7. The van der Waals surface area contributed by atoms with Gasteiger partial charge in [-0.25, -0.2) is 0 Å². The number of nitriles is 1. The molecule has 0 saturated heterocycles. The molecule has 0 spiro atoms. The van der Waals surface area contributed by atoms with Crippen LogP contribution in [0, 0.1) is 23.2 Å². The summed E-state index contributed by atoms with van der Waals surface area (Å²) in [7, 11) is 0. The van der Waals surface area contributed by atoms with E-state index in [2.05, 4.69) is 17.5 Å². The summed E-state index contributed by atoms with van der Waals surface area (Å²) in [6, 6.07) is 2.25. The van der Waals surface area contributed by atoms with Gasteiger partial charge in [0.05, 0.1) is 6.07 Å². The van der Waals surface area contributed by atoms with Crippen LogP contribution in [0.5, 0.6) is 0 Å². The number of hydrogen-bond acceptors (Lipinski definition) is 2.